The standard InChI is InChI=1S/C22H23ClN2O5/c1-2-11-25(24-14-19(26)16-4-3-5-17(23)13-16)18-8-6-15(7-9-18)21-20(10-12-29-21)30-22(27)28/h3-10,12-13,19,24,26H,2,11,14H2,1H3,(H,27,28)/t19-/m0/s1. The molecule has 1 heterocycles. The van der Waals surface area contributed by atoms with E-state index in [1.165, 1.54) is 12.3 Å². The van der Waals surface area contributed by atoms with Crippen LogP contribution >= 0.6 is 11.6 Å². The Hall–Kier alpha value is -3.00. The number of furan rings is 1. The topological polar surface area (TPSA) is 95.2 Å². The number of anilines is 1. The molecular weight excluding hydrogens is 408 g/mol. The number of aliphatic hydroxyl groups is 1. The molecule has 0 saturated carbocycles. The van der Waals surface area contributed by atoms with Crippen molar-refractivity contribution in [3.05, 3.63) is 71.4 Å². The molecule has 3 aromatic rings. The van der Waals surface area contributed by atoms with E-state index in [0.717, 1.165) is 24.2 Å². The number of rotatable bonds is 9. The second kappa shape index (κ2) is 10.2. The lowest BCUT2D eigenvalue weighted by atomic mass is 10.1. The van der Waals surface area contributed by atoms with E-state index in [9.17, 15) is 9.90 Å². The minimum absolute atomic E-state index is 0.142. The van der Waals surface area contributed by atoms with Crippen LogP contribution in [0.15, 0.2) is 65.3 Å². The average Bonchev–Trinajstić information content (AvgIpc) is 3.18. The van der Waals surface area contributed by atoms with Crippen molar-refractivity contribution >= 4 is 23.4 Å². The predicted octanol–water partition coefficient (Wildman–Crippen LogP) is 5.11. The largest absolute Gasteiger partial charge is 0.511 e. The van der Waals surface area contributed by atoms with Gasteiger partial charge in [-0.3, -0.25) is 0 Å². The van der Waals surface area contributed by atoms with Crippen LogP contribution in [0.1, 0.15) is 25.0 Å². The highest BCUT2D eigenvalue weighted by Crippen LogP contribution is 2.32. The van der Waals surface area contributed by atoms with Crippen molar-refractivity contribution in [2.75, 3.05) is 18.1 Å². The first-order valence-corrected chi connectivity index (χ1v) is 9.89. The molecule has 8 heteroatoms. The van der Waals surface area contributed by atoms with Crippen molar-refractivity contribution in [2.45, 2.75) is 19.4 Å². The van der Waals surface area contributed by atoms with E-state index in [4.69, 9.17) is 25.9 Å². The van der Waals surface area contributed by atoms with Crippen LogP contribution in [0.3, 0.4) is 0 Å². The maximum absolute atomic E-state index is 10.8. The predicted molar refractivity (Wildman–Crippen MR) is 115 cm³/mol. The van der Waals surface area contributed by atoms with Gasteiger partial charge in [0, 0.05) is 29.7 Å². The van der Waals surface area contributed by atoms with Crippen molar-refractivity contribution in [2.24, 2.45) is 0 Å². The molecule has 30 heavy (non-hydrogen) atoms. The molecule has 0 amide bonds. The third-order valence-corrected chi connectivity index (χ3v) is 4.66. The van der Waals surface area contributed by atoms with E-state index in [0.29, 0.717) is 22.9 Å². The number of halogens is 1. The Morgan fingerprint density at radius 2 is 2.00 bits per heavy atom. The van der Waals surface area contributed by atoms with Gasteiger partial charge in [-0.25, -0.2) is 10.2 Å². The lowest BCUT2D eigenvalue weighted by Gasteiger charge is -2.27. The molecule has 3 N–H and O–H groups in total. The van der Waals surface area contributed by atoms with Crippen LogP contribution in [-0.4, -0.2) is 29.5 Å². The fourth-order valence-corrected chi connectivity index (χ4v) is 3.23. The highest BCUT2D eigenvalue weighted by Gasteiger charge is 2.15. The molecule has 3 rings (SSSR count). The van der Waals surface area contributed by atoms with Gasteiger partial charge >= 0.3 is 6.16 Å². The Balaban J connectivity index is 1.70. The molecule has 0 unspecified atom stereocenters. The Morgan fingerprint density at radius 1 is 1.23 bits per heavy atom. The Bertz CT molecular complexity index is 974. The number of nitrogens with zero attached hydrogens (tertiary/aromatic N) is 1. The second-order valence-corrected chi connectivity index (χ2v) is 7.05. The van der Waals surface area contributed by atoms with E-state index < -0.39 is 12.3 Å². The molecular formula is C22H23ClN2O5. The lowest BCUT2D eigenvalue weighted by molar-refractivity contribution is 0.144. The highest BCUT2D eigenvalue weighted by atomic mass is 35.5. The molecule has 1 atom stereocenters. The number of benzene rings is 2. The third-order valence-electron chi connectivity index (χ3n) is 4.42. The summed E-state index contributed by atoms with van der Waals surface area (Å²) in [6.07, 6.45) is 0.174. The van der Waals surface area contributed by atoms with Crippen LogP contribution in [0, 0.1) is 0 Å². The number of hydrazine groups is 1. The first kappa shape index (κ1) is 21.7. The molecule has 0 aliphatic rings. The van der Waals surface area contributed by atoms with Gasteiger partial charge in [-0.2, -0.15) is 0 Å². The van der Waals surface area contributed by atoms with Crippen molar-refractivity contribution in [1.82, 2.24) is 5.43 Å². The van der Waals surface area contributed by atoms with Gasteiger partial charge in [-0.05, 0) is 48.4 Å². The summed E-state index contributed by atoms with van der Waals surface area (Å²) in [4.78, 5) is 10.8. The van der Waals surface area contributed by atoms with Crippen molar-refractivity contribution < 1.29 is 24.2 Å². The summed E-state index contributed by atoms with van der Waals surface area (Å²) in [5, 5.41) is 21.8. The van der Waals surface area contributed by atoms with Gasteiger partial charge in [0.2, 0.25) is 0 Å². The molecule has 0 aliphatic carbocycles. The normalized spacial score (nSPS) is 11.8. The summed E-state index contributed by atoms with van der Waals surface area (Å²) in [7, 11) is 0. The molecule has 0 aliphatic heterocycles. The molecule has 0 radical (unpaired) electrons. The molecule has 0 bridgehead atoms. The van der Waals surface area contributed by atoms with E-state index >= 15 is 0 Å². The van der Waals surface area contributed by atoms with E-state index in [2.05, 4.69) is 12.3 Å². The summed E-state index contributed by atoms with van der Waals surface area (Å²) in [6, 6.07) is 16.0. The first-order chi connectivity index (χ1) is 14.5. The zero-order valence-corrected chi connectivity index (χ0v) is 17.2. The SMILES string of the molecule is CCCN(NC[C@H](O)c1cccc(Cl)c1)c1ccc(-c2occc2OC(=O)O)cc1. The second-order valence-electron chi connectivity index (χ2n) is 6.61. The van der Waals surface area contributed by atoms with Gasteiger partial charge in [-0.1, -0.05) is 30.7 Å². The van der Waals surface area contributed by atoms with Gasteiger partial charge in [0.1, 0.15) is 0 Å². The monoisotopic (exact) mass is 430 g/mol. The number of hydrogen-bond donors (Lipinski definition) is 3. The maximum atomic E-state index is 10.8. The molecule has 0 saturated heterocycles. The van der Waals surface area contributed by atoms with Crippen molar-refractivity contribution in [3.8, 4) is 17.1 Å². The van der Waals surface area contributed by atoms with Crippen LogP contribution in [0.5, 0.6) is 5.75 Å². The molecule has 7 nitrogen and oxygen atoms in total. The van der Waals surface area contributed by atoms with Gasteiger partial charge in [-0.15, -0.1) is 0 Å². The molecule has 0 spiro atoms. The molecule has 0 fully saturated rings. The van der Waals surface area contributed by atoms with Gasteiger partial charge in [0.05, 0.1) is 18.1 Å². The molecule has 1 aromatic heterocycles. The van der Waals surface area contributed by atoms with E-state index in [1.807, 2.05) is 35.3 Å². The fourth-order valence-electron chi connectivity index (χ4n) is 3.03. The van der Waals surface area contributed by atoms with Gasteiger partial charge in [0.15, 0.2) is 11.5 Å². The van der Waals surface area contributed by atoms with Crippen LogP contribution in [0.2, 0.25) is 5.02 Å². The highest BCUT2D eigenvalue weighted by molar-refractivity contribution is 6.30. The number of aliphatic hydroxyl groups excluding tert-OH is 1. The molecule has 2 aromatic carbocycles. The minimum atomic E-state index is -1.40. The quantitative estimate of drug-likeness (QED) is 0.320. The maximum Gasteiger partial charge on any atom is 0.511 e. The Morgan fingerprint density at radius 3 is 2.67 bits per heavy atom. The van der Waals surface area contributed by atoms with Crippen LogP contribution in [-0.2, 0) is 0 Å². The van der Waals surface area contributed by atoms with Crippen LogP contribution in [0.25, 0.3) is 11.3 Å². The Labute approximate surface area is 179 Å². The zero-order chi connectivity index (χ0) is 21.5. The summed E-state index contributed by atoms with van der Waals surface area (Å²) in [6.45, 7) is 3.11. The number of nitrogens with one attached hydrogen (secondary N) is 1. The summed E-state index contributed by atoms with van der Waals surface area (Å²) in [5.41, 5.74) is 5.59. The number of hydrogen-bond acceptors (Lipinski definition) is 6. The van der Waals surface area contributed by atoms with Crippen LogP contribution in [0.4, 0.5) is 10.5 Å². The van der Waals surface area contributed by atoms with Crippen molar-refractivity contribution in [3.63, 3.8) is 0 Å². The smallest absolute Gasteiger partial charge is 0.460 e. The van der Waals surface area contributed by atoms with Crippen LogP contribution < -0.4 is 15.2 Å². The summed E-state index contributed by atoms with van der Waals surface area (Å²) in [5.74, 6) is 0.485. The third kappa shape index (κ3) is 5.54. The van der Waals surface area contributed by atoms with Crippen molar-refractivity contribution in [1.29, 1.82) is 0 Å². The van der Waals surface area contributed by atoms with Gasteiger partial charge < -0.3 is 24.4 Å². The number of carboxylic acid groups (broad SMARTS) is 1. The van der Waals surface area contributed by atoms with E-state index in [1.54, 1.807) is 18.2 Å². The minimum Gasteiger partial charge on any atom is -0.460 e. The number of carbonyl (C=O) groups is 1. The van der Waals surface area contributed by atoms with Gasteiger partial charge in [0.25, 0.3) is 0 Å². The van der Waals surface area contributed by atoms with E-state index in [-0.39, 0.29) is 5.75 Å². The Kier molecular flexibility index (Phi) is 7.35. The number of ether oxygens (including phenoxy) is 1. The summed E-state index contributed by atoms with van der Waals surface area (Å²) < 4.78 is 10.1. The summed E-state index contributed by atoms with van der Waals surface area (Å²) >= 11 is 6.00. The zero-order valence-electron chi connectivity index (χ0n) is 16.4. The fraction of sp³-hybridized carbons (Fsp3) is 0.227. The average molecular weight is 431 g/mol. The first-order valence-electron chi connectivity index (χ1n) is 9.51. The lowest BCUT2D eigenvalue weighted by Crippen LogP contribution is -2.41. The molecule has 158 valence electrons.